The molecule has 1 N–H and O–H groups in total. The minimum absolute atomic E-state index is 0.0804. The van der Waals surface area contributed by atoms with E-state index in [0.717, 1.165) is 25.1 Å². The lowest BCUT2D eigenvalue weighted by molar-refractivity contribution is -0.138. The highest BCUT2D eigenvalue weighted by atomic mass is 32.2. The van der Waals surface area contributed by atoms with Crippen molar-refractivity contribution >= 4 is 11.8 Å². The van der Waals surface area contributed by atoms with Crippen LogP contribution < -0.4 is 4.74 Å². The van der Waals surface area contributed by atoms with Gasteiger partial charge in [-0.1, -0.05) is 0 Å². The summed E-state index contributed by atoms with van der Waals surface area (Å²) in [7, 11) is 1.36. The molecule has 0 amide bonds. The molecule has 2 aliphatic rings. The van der Waals surface area contributed by atoms with E-state index in [1.165, 1.54) is 7.11 Å². The number of hydrogen-bond donors (Lipinski definition) is 1. The first-order valence-electron chi connectivity index (χ1n) is 6.81. The second kappa shape index (κ2) is 5.05. The van der Waals surface area contributed by atoms with Gasteiger partial charge in [-0.05, 0) is 31.7 Å². The summed E-state index contributed by atoms with van der Waals surface area (Å²) in [4.78, 5) is 3.75. The van der Waals surface area contributed by atoms with E-state index in [9.17, 15) is 18.3 Å². The summed E-state index contributed by atoms with van der Waals surface area (Å²) in [5.74, 6) is 0.0804. The minimum Gasteiger partial charge on any atom is -0.481 e. The first-order chi connectivity index (χ1) is 9.82. The molecular weight excluding hydrogens is 303 g/mol. The molecule has 2 aliphatic heterocycles. The highest BCUT2D eigenvalue weighted by molar-refractivity contribution is 8.00. The molecule has 1 aromatic rings. The zero-order chi connectivity index (χ0) is 15.3. The van der Waals surface area contributed by atoms with Crippen molar-refractivity contribution in [3.63, 3.8) is 0 Å². The smallest absolute Gasteiger partial charge is 0.417 e. The number of thioether (sulfide) groups is 1. The van der Waals surface area contributed by atoms with Crippen LogP contribution in [-0.4, -0.2) is 27.7 Å². The summed E-state index contributed by atoms with van der Waals surface area (Å²) < 4.78 is 43.8. The summed E-state index contributed by atoms with van der Waals surface area (Å²) in [5, 5.41) is 11.5. The van der Waals surface area contributed by atoms with Crippen molar-refractivity contribution in [2.75, 3.05) is 7.11 Å². The Labute approximate surface area is 124 Å². The van der Waals surface area contributed by atoms with Gasteiger partial charge >= 0.3 is 6.18 Å². The molecule has 0 saturated carbocycles. The van der Waals surface area contributed by atoms with Crippen LogP contribution in [0.15, 0.2) is 12.3 Å². The van der Waals surface area contributed by atoms with Crippen molar-refractivity contribution < 1.29 is 23.0 Å². The highest BCUT2D eigenvalue weighted by Gasteiger charge is 2.46. The first kappa shape index (κ1) is 15.0. The van der Waals surface area contributed by atoms with E-state index in [1.54, 1.807) is 0 Å². The van der Waals surface area contributed by atoms with Crippen LogP contribution in [0.4, 0.5) is 13.2 Å². The molecule has 0 radical (unpaired) electrons. The van der Waals surface area contributed by atoms with Gasteiger partial charge in [-0.3, -0.25) is 0 Å². The lowest BCUT2D eigenvalue weighted by atomic mass is 9.85. The fourth-order valence-electron chi connectivity index (χ4n) is 3.24. The van der Waals surface area contributed by atoms with Gasteiger partial charge in [0.05, 0.1) is 18.3 Å². The first-order valence-corrected chi connectivity index (χ1v) is 7.76. The molecule has 3 nitrogen and oxygen atoms in total. The zero-order valence-electron chi connectivity index (χ0n) is 11.5. The summed E-state index contributed by atoms with van der Waals surface area (Å²) in [6.07, 6.45) is -0.815. The van der Waals surface area contributed by atoms with E-state index < -0.39 is 17.3 Å². The van der Waals surface area contributed by atoms with Gasteiger partial charge in [0.1, 0.15) is 0 Å². The average Bonchev–Trinajstić information content (AvgIpc) is 2.77. The number of ether oxygens (including phenoxy) is 1. The van der Waals surface area contributed by atoms with Crippen LogP contribution in [-0.2, 0) is 11.8 Å². The van der Waals surface area contributed by atoms with Crippen LogP contribution >= 0.6 is 11.8 Å². The van der Waals surface area contributed by atoms with Crippen molar-refractivity contribution in [3.05, 3.63) is 23.4 Å². The molecule has 7 heteroatoms. The third-order valence-electron chi connectivity index (χ3n) is 4.20. The van der Waals surface area contributed by atoms with Crippen molar-refractivity contribution in [1.82, 2.24) is 4.98 Å². The molecule has 1 aromatic heterocycles. The number of pyridine rings is 1. The Balaban J connectivity index is 2.03. The third-order valence-corrected chi connectivity index (χ3v) is 5.77. The summed E-state index contributed by atoms with van der Waals surface area (Å²) in [6, 6.07) is 0.987. The zero-order valence-corrected chi connectivity index (χ0v) is 12.3. The topological polar surface area (TPSA) is 42.4 Å². The number of methoxy groups -OCH3 is 1. The van der Waals surface area contributed by atoms with Crippen molar-refractivity contribution in [3.8, 4) is 5.88 Å². The van der Waals surface area contributed by atoms with E-state index >= 15 is 0 Å². The number of aromatic nitrogens is 1. The van der Waals surface area contributed by atoms with Gasteiger partial charge in [0.25, 0.3) is 0 Å². The molecule has 21 heavy (non-hydrogen) atoms. The predicted molar refractivity (Wildman–Crippen MR) is 73.3 cm³/mol. The maximum absolute atomic E-state index is 12.9. The second-order valence-corrected chi connectivity index (χ2v) is 7.28. The highest BCUT2D eigenvalue weighted by Crippen LogP contribution is 2.52. The lowest BCUT2D eigenvalue weighted by Crippen LogP contribution is -2.35. The maximum atomic E-state index is 12.9. The van der Waals surface area contributed by atoms with Gasteiger partial charge in [0.15, 0.2) is 0 Å². The SMILES string of the molecule is COc1ncc(C(F)(F)F)cc1C1(O)CC2CCC(C1)S2. The Morgan fingerprint density at radius 3 is 2.48 bits per heavy atom. The number of fused-ring (bicyclic) bond motifs is 2. The van der Waals surface area contributed by atoms with E-state index in [2.05, 4.69) is 4.98 Å². The van der Waals surface area contributed by atoms with Gasteiger partial charge in [0.2, 0.25) is 5.88 Å². The maximum Gasteiger partial charge on any atom is 0.417 e. The number of alkyl halides is 3. The van der Waals surface area contributed by atoms with Gasteiger partial charge in [-0.15, -0.1) is 0 Å². The largest absolute Gasteiger partial charge is 0.481 e. The standard InChI is InChI=1S/C14H16F3NO2S/c1-20-12-11(4-8(7-18-12)14(15,16)17)13(19)5-9-2-3-10(6-13)21-9/h4,7,9-10,19H,2-3,5-6H2,1H3. The van der Waals surface area contributed by atoms with Crippen molar-refractivity contribution in [2.45, 2.75) is 48.0 Å². The normalized spacial score (nSPS) is 32.2. The molecule has 0 aromatic carbocycles. The summed E-state index contributed by atoms with van der Waals surface area (Å²) in [6.45, 7) is 0. The molecule has 116 valence electrons. The fourth-order valence-corrected chi connectivity index (χ4v) is 5.07. The van der Waals surface area contributed by atoms with Crippen LogP contribution in [0.2, 0.25) is 0 Å². The van der Waals surface area contributed by atoms with Crippen molar-refractivity contribution in [1.29, 1.82) is 0 Å². The molecule has 2 bridgehead atoms. The third kappa shape index (κ3) is 2.73. The van der Waals surface area contributed by atoms with Crippen LogP contribution in [0.25, 0.3) is 0 Å². The summed E-state index contributed by atoms with van der Waals surface area (Å²) in [5.41, 5.74) is -1.97. The molecule has 2 fully saturated rings. The molecule has 2 saturated heterocycles. The van der Waals surface area contributed by atoms with Crippen LogP contribution in [0.3, 0.4) is 0 Å². The number of aliphatic hydroxyl groups is 1. The number of rotatable bonds is 2. The van der Waals surface area contributed by atoms with E-state index in [-0.39, 0.29) is 11.4 Å². The molecule has 3 heterocycles. The van der Waals surface area contributed by atoms with Crippen molar-refractivity contribution in [2.24, 2.45) is 0 Å². The number of halogens is 3. The Morgan fingerprint density at radius 1 is 1.33 bits per heavy atom. The van der Waals surface area contributed by atoms with Gasteiger partial charge in [0, 0.05) is 22.3 Å². The molecule has 0 aliphatic carbocycles. The monoisotopic (exact) mass is 319 g/mol. The van der Waals surface area contributed by atoms with Crippen LogP contribution in [0.5, 0.6) is 5.88 Å². The van der Waals surface area contributed by atoms with E-state index in [0.29, 0.717) is 23.3 Å². The fraction of sp³-hybridized carbons (Fsp3) is 0.643. The van der Waals surface area contributed by atoms with Gasteiger partial charge in [-0.2, -0.15) is 24.9 Å². The second-order valence-electron chi connectivity index (χ2n) is 5.68. The summed E-state index contributed by atoms with van der Waals surface area (Å²) >= 11 is 1.83. The number of hydrogen-bond acceptors (Lipinski definition) is 4. The Morgan fingerprint density at radius 2 is 1.95 bits per heavy atom. The van der Waals surface area contributed by atoms with Gasteiger partial charge in [-0.25, -0.2) is 4.98 Å². The lowest BCUT2D eigenvalue weighted by Gasteiger charge is -2.37. The van der Waals surface area contributed by atoms with E-state index in [4.69, 9.17) is 4.74 Å². The molecule has 2 unspecified atom stereocenters. The Bertz CT molecular complexity index is 538. The molecule has 2 atom stereocenters. The minimum atomic E-state index is -4.48. The predicted octanol–water partition coefficient (Wildman–Crippen LogP) is 3.35. The molecule has 0 spiro atoms. The quantitative estimate of drug-likeness (QED) is 0.908. The Kier molecular flexibility index (Phi) is 3.60. The Hall–Kier alpha value is -0.950. The number of nitrogens with zero attached hydrogens (tertiary/aromatic N) is 1. The molecule has 3 rings (SSSR count). The molecular formula is C14H16F3NO2S. The van der Waals surface area contributed by atoms with Crippen LogP contribution in [0, 0.1) is 0 Å². The average molecular weight is 319 g/mol. The van der Waals surface area contributed by atoms with E-state index in [1.807, 2.05) is 11.8 Å². The van der Waals surface area contributed by atoms with Crippen LogP contribution in [0.1, 0.15) is 36.8 Å². The van der Waals surface area contributed by atoms with Gasteiger partial charge < -0.3 is 9.84 Å².